The largest absolute Gasteiger partial charge is 0.424 e. The van der Waals surface area contributed by atoms with Crippen molar-refractivity contribution in [3.63, 3.8) is 0 Å². The van der Waals surface area contributed by atoms with Crippen molar-refractivity contribution >= 4 is 5.97 Å². The van der Waals surface area contributed by atoms with Crippen molar-refractivity contribution in [3.8, 4) is 0 Å². The van der Waals surface area contributed by atoms with Crippen LogP contribution >= 0.6 is 0 Å². The van der Waals surface area contributed by atoms with E-state index in [1.165, 1.54) is 212 Å². The van der Waals surface area contributed by atoms with Crippen LogP contribution in [0.25, 0.3) is 0 Å². The molecule has 362 valence electrons. The summed E-state index contributed by atoms with van der Waals surface area (Å²) in [6.45, 7) is 8.08. The van der Waals surface area contributed by atoms with Crippen LogP contribution in [0.15, 0.2) is 0 Å². The van der Waals surface area contributed by atoms with E-state index in [0.717, 1.165) is 32.1 Å². The van der Waals surface area contributed by atoms with E-state index >= 15 is 0 Å². The molecular weight excluding hydrogens is 765 g/mol. The number of carbonyl (C=O) groups excluding carboxylic acids is 1. The van der Waals surface area contributed by atoms with Crippen molar-refractivity contribution in [2.45, 2.75) is 321 Å². The highest BCUT2D eigenvalue weighted by Crippen LogP contribution is 2.43. The highest BCUT2D eigenvalue weighted by atomic mass is 16.8. The Kier molecular flexibility index (Phi) is 34.6. The van der Waals surface area contributed by atoms with Gasteiger partial charge in [-0.25, -0.2) is 0 Å². The third-order valence-electron chi connectivity index (χ3n) is 13.2. The van der Waals surface area contributed by atoms with Crippen LogP contribution in [0.1, 0.15) is 285 Å². The number of unbranched alkanes of at least 4 members (excludes halogenated alkanes) is 37. The second-order valence-electron chi connectivity index (χ2n) is 19.6. The van der Waals surface area contributed by atoms with Crippen LogP contribution in [0.5, 0.6) is 0 Å². The molecule has 2 aliphatic heterocycles. The molecule has 0 spiro atoms. The lowest BCUT2D eigenvalue weighted by Gasteiger charge is -2.46. The first-order valence-corrected chi connectivity index (χ1v) is 26.9. The molecule has 2 rings (SSSR count). The molecule has 0 radical (unpaired) electrons. The molecule has 5 atom stereocenters. The molecule has 2 aliphatic rings. The van der Waals surface area contributed by atoms with Gasteiger partial charge in [-0.05, 0) is 26.7 Å². The Hall–Kier alpha value is -0.770. The SMILES string of the molecule is CCCCCCCCCCCCCCCCCCCCCCCCCC(=O)O[C@@]1(O)[C@@H](OCCCCCCCCCCCCCCCCCC)O[C@H](CO)[C@@H]2OC(C)(C)O[C@H]21. The number of ether oxygens (including phenoxy) is 5. The van der Waals surface area contributed by atoms with Gasteiger partial charge in [-0.3, -0.25) is 4.79 Å². The van der Waals surface area contributed by atoms with Gasteiger partial charge in [-0.2, -0.15) is 0 Å². The van der Waals surface area contributed by atoms with Gasteiger partial charge in [-0.1, -0.05) is 251 Å². The Bertz CT molecular complexity index is 991. The van der Waals surface area contributed by atoms with Crippen LogP contribution in [-0.2, 0) is 28.5 Å². The number of aliphatic hydroxyl groups excluding tert-OH is 1. The van der Waals surface area contributed by atoms with Crippen molar-refractivity contribution in [2.75, 3.05) is 13.2 Å². The predicted molar refractivity (Wildman–Crippen MR) is 253 cm³/mol. The molecule has 0 saturated carbocycles. The molecule has 2 N–H and O–H groups in total. The Morgan fingerprint density at radius 1 is 0.492 bits per heavy atom. The number of hydrogen-bond acceptors (Lipinski definition) is 8. The summed E-state index contributed by atoms with van der Waals surface area (Å²) < 4.78 is 30.1. The second-order valence-corrected chi connectivity index (χ2v) is 19.6. The molecule has 0 amide bonds. The van der Waals surface area contributed by atoms with Gasteiger partial charge in [0.15, 0.2) is 11.9 Å². The van der Waals surface area contributed by atoms with Crippen molar-refractivity contribution in [3.05, 3.63) is 0 Å². The van der Waals surface area contributed by atoms with E-state index in [2.05, 4.69) is 13.8 Å². The lowest BCUT2D eigenvalue weighted by atomic mass is 9.95. The summed E-state index contributed by atoms with van der Waals surface area (Å²) in [7, 11) is 0. The van der Waals surface area contributed by atoms with Crippen LogP contribution < -0.4 is 0 Å². The third kappa shape index (κ3) is 27.3. The Balaban J connectivity index is 1.53. The Morgan fingerprint density at radius 3 is 1.16 bits per heavy atom. The summed E-state index contributed by atoms with van der Waals surface area (Å²) in [6, 6.07) is 0. The maximum atomic E-state index is 13.2. The topological polar surface area (TPSA) is 104 Å². The standard InChI is InChI=1S/C53H102O8/c1-5-7-9-11-13-15-17-19-21-23-24-25-26-27-28-29-30-32-34-36-38-40-42-44-48(55)59-53(56)50-49(60-52(3,4)61-50)47(46-54)58-51(53)57-45-43-41-39-37-35-33-31-22-20-18-16-14-12-10-8-6-2/h47,49-51,54,56H,5-46H2,1-4H3/t47-,49+,50-,51+,53-/m1/s1. The molecule has 2 saturated heterocycles. The lowest BCUT2D eigenvalue weighted by Crippen LogP contribution is -2.68. The second kappa shape index (κ2) is 37.5. The fourth-order valence-corrected chi connectivity index (χ4v) is 9.39. The summed E-state index contributed by atoms with van der Waals surface area (Å²) in [5.74, 6) is -3.72. The highest BCUT2D eigenvalue weighted by Gasteiger charge is 2.65. The van der Waals surface area contributed by atoms with Crippen LogP contribution in [-0.4, -0.2) is 65.6 Å². The number of carbonyl (C=O) groups is 1. The van der Waals surface area contributed by atoms with Gasteiger partial charge in [0.05, 0.1) is 13.2 Å². The number of esters is 1. The number of aliphatic hydroxyl groups is 2. The van der Waals surface area contributed by atoms with Crippen molar-refractivity contribution in [1.29, 1.82) is 0 Å². The molecule has 0 aliphatic carbocycles. The average molecular weight is 867 g/mol. The number of fused-ring (bicyclic) bond motifs is 1. The van der Waals surface area contributed by atoms with Gasteiger partial charge in [0.1, 0.15) is 12.2 Å². The quantitative estimate of drug-likeness (QED) is 0.0355. The maximum absolute atomic E-state index is 13.2. The van der Waals surface area contributed by atoms with Gasteiger partial charge < -0.3 is 33.9 Å². The maximum Gasteiger partial charge on any atom is 0.308 e. The monoisotopic (exact) mass is 867 g/mol. The molecular formula is C53H102O8. The molecule has 2 heterocycles. The first-order valence-electron chi connectivity index (χ1n) is 26.9. The predicted octanol–water partition coefficient (Wildman–Crippen LogP) is 15.1. The van der Waals surface area contributed by atoms with Gasteiger partial charge in [0.2, 0.25) is 6.29 Å². The molecule has 0 aromatic heterocycles. The average Bonchev–Trinajstić information content (AvgIpc) is 3.59. The third-order valence-corrected chi connectivity index (χ3v) is 13.2. The Morgan fingerprint density at radius 2 is 0.820 bits per heavy atom. The van der Waals surface area contributed by atoms with E-state index in [0.29, 0.717) is 13.0 Å². The minimum atomic E-state index is -2.18. The van der Waals surface area contributed by atoms with Gasteiger partial charge >= 0.3 is 5.97 Å². The van der Waals surface area contributed by atoms with E-state index < -0.39 is 42.1 Å². The fraction of sp³-hybridized carbons (Fsp3) is 0.981. The summed E-state index contributed by atoms with van der Waals surface area (Å²) in [5.41, 5.74) is 0. The van der Waals surface area contributed by atoms with E-state index in [1.54, 1.807) is 13.8 Å². The van der Waals surface area contributed by atoms with Crippen LogP contribution in [0.4, 0.5) is 0 Å². The molecule has 8 nitrogen and oxygen atoms in total. The zero-order valence-electron chi connectivity index (χ0n) is 40.9. The number of hydrogen-bond donors (Lipinski definition) is 2. The Labute approximate surface area is 377 Å². The summed E-state index contributed by atoms with van der Waals surface area (Å²) >= 11 is 0. The van der Waals surface area contributed by atoms with E-state index in [4.69, 9.17) is 23.7 Å². The van der Waals surface area contributed by atoms with E-state index in [1.807, 2.05) is 0 Å². The van der Waals surface area contributed by atoms with Crippen molar-refractivity contribution in [2.24, 2.45) is 0 Å². The first kappa shape index (κ1) is 56.4. The molecule has 0 aromatic rings. The number of rotatable bonds is 44. The zero-order chi connectivity index (χ0) is 44.1. The molecule has 0 aromatic carbocycles. The molecule has 61 heavy (non-hydrogen) atoms. The highest BCUT2D eigenvalue weighted by molar-refractivity contribution is 5.69. The fourth-order valence-electron chi connectivity index (χ4n) is 9.39. The van der Waals surface area contributed by atoms with Crippen molar-refractivity contribution < 1.29 is 38.7 Å². The molecule has 8 heteroatoms. The minimum Gasteiger partial charge on any atom is -0.424 e. The minimum absolute atomic E-state index is 0.207. The van der Waals surface area contributed by atoms with E-state index in [9.17, 15) is 15.0 Å². The zero-order valence-corrected chi connectivity index (χ0v) is 40.9. The van der Waals surface area contributed by atoms with Crippen LogP contribution in [0.2, 0.25) is 0 Å². The van der Waals surface area contributed by atoms with E-state index in [-0.39, 0.29) is 13.0 Å². The molecule has 0 bridgehead atoms. The first-order chi connectivity index (χ1) is 29.8. The summed E-state index contributed by atoms with van der Waals surface area (Å²) in [6.07, 6.45) is 47.3. The molecule has 0 unspecified atom stereocenters. The van der Waals surface area contributed by atoms with Crippen LogP contribution in [0, 0.1) is 0 Å². The normalized spacial score (nSPS) is 22.2. The van der Waals surface area contributed by atoms with Gasteiger partial charge in [-0.15, -0.1) is 0 Å². The summed E-state index contributed by atoms with van der Waals surface area (Å²) in [5, 5.41) is 22.1. The van der Waals surface area contributed by atoms with Crippen molar-refractivity contribution in [1.82, 2.24) is 0 Å². The molecule has 2 fully saturated rings. The van der Waals surface area contributed by atoms with Gasteiger partial charge in [0, 0.05) is 6.42 Å². The summed E-state index contributed by atoms with van der Waals surface area (Å²) in [4.78, 5) is 13.2. The smallest absolute Gasteiger partial charge is 0.308 e. The van der Waals surface area contributed by atoms with Gasteiger partial charge in [0.25, 0.3) is 5.79 Å². The lowest BCUT2D eigenvalue weighted by molar-refractivity contribution is -0.392. The van der Waals surface area contributed by atoms with Crippen LogP contribution in [0.3, 0.4) is 0 Å².